The average molecular weight is 202 g/mol. The molecule has 0 aliphatic carbocycles. The number of carbonyl (C=O) groups excluding carboxylic acids is 2. The van der Waals surface area contributed by atoms with E-state index in [1.54, 1.807) is 14.0 Å². The highest BCUT2D eigenvalue weighted by Crippen LogP contribution is 1.81. The molecule has 0 aliphatic heterocycles. The fourth-order valence-electron chi connectivity index (χ4n) is 0.555. The summed E-state index contributed by atoms with van der Waals surface area (Å²) in [5.74, 6) is -0.190. The lowest BCUT2D eigenvalue weighted by atomic mass is 10.2. The van der Waals surface area contributed by atoms with Crippen LogP contribution >= 0.6 is 0 Å². The topological polar surface area (TPSA) is 58.2 Å². The standard InChI is InChI=1S/C7H14N2O2.C3H8/c1-5(6(2)10)9-7(11)4-8-3;1-3-2/h5,8H,4H2,1-3H3,(H,9,11);3H2,1-2H3. The van der Waals surface area contributed by atoms with Crippen molar-refractivity contribution in [1.82, 2.24) is 10.6 Å². The summed E-state index contributed by atoms with van der Waals surface area (Å²) in [6.45, 7) is 7.61. The molecule has 84 valence electrons. The molecule has 0 fully saturated rings. The van der Waals surface area contributed by atoms with Crippen molar-refractivity contribution in [2.24, 2.45) is 0 Å². The molecule has 0 aromatic rings. The van der Waals surface area contributed by atoms with Crippen LogP contribution in [0.25, 0.3) is 0 Å². The van der Waals surface area contributed by atoms with Gasteiger partial charge in [0.05, 0.1) is 12.6 Å². The molecule has 0 bridgehead atoms. The van der Waals surface area contributed by atoms with Crippen LogP contribution in [0.3, 0.4) is 0 Å². The Morgan fingerprint density at radius 3 is 2.00 bits per heavy atom. The highest BCUT2D eigenvalue weighted by atomic mass is 16.2. The molecule has 4 nitrogen and oxygen atoms in total. The first-order valence-electron chi connectivity index (χ1n) is 4.93. The Hall–Kier alpha value is -0.900. The van der Waals surface area contributed by atoms with Gasteiger partial charge >= 0.3 is 0 Å². The van der Waals surface area contributed by atoms with Gasteiger partial charge in [0.1, 0.15) is 0 Å². The Balaban J connectivity index is 0. The van der Waals surface area contributed by atoms with Gasteiger partial charge in [-0.3, -0.25) is 9.59 Å². The second kappa shape index (κ2) is 10.2. The fourth-order valence-corrected chi connectivity index (χ4v) is 0.555. The zero-order valence-corrected chi connectivity index (χ0v) is 9.81. The van der Waals surface area contributed by atoms with Crippen LogP contribution in [0, 0.1) is 0 Å². The van der Waals surface area contributed by atoms with E-state index < -0.39 is 0 Å². The van der Waals surface area contributed by atoms with Gasteiger partial charge in [0.2, 0.25) is 5.91 Å². The largest absolute Gasteiger partial charge is 0.345 e. The van der Waals surface area contributed by atoms with Crippen molar-refractivity contribution in [2.75, 3.05) is 13.6 Å². The molecule has 4 heteroatoms. The summed E-state index contributed by atoms with van der Waals surface area (Å²) in [5.41, 5.74) is 0. The molecule has 0 radical (unpaired) electrons. The van der Waals surface area contributed by atoms with Crippen LogP contribution in [-0.2, 0) is 9.59 Å². The van der Waals surface area contributed by atoms with Gasteiger partial charge < -0.3 is 10.6 Å². The van der Waals surface area contributed by atoms with E-state index in [4.69, 9.17) is 0 Å². The first kappa shape index (κ1) is 15.6. The summed E-state index contributed by atoms with van der Waals surface area (Å²) in [6.07, 6.45) is 1.25. The van der Waals surface area contributed by atoms with Crippen molar-refractivity contribution < 1.29 is 9.59 Å². The maximum absolute atomic E-state index is 10.8. The zero-order chi connectivity index (χ0) is 11.6. The van der Waals surface area contributed by atoms with Crippen LogP contribution in [0.2, 0.25) is 0 Å². The minimum absolute atomic E-state index is 0.0329. The van der Waals surface area contributed by atoms with Crippen molar-refractivity contribution in [3.05, 3.63) is 0 Å². The molecule has 2 N–H and O–H groups in total. The number of amides is 1. The van der Waals surface area contributed by atoms with Gasteiger partial charge in [-0.1, -0.05) is 20.3 Å². The second-order valence-corrected chi connectivity index (χ2v) is 3.14. The second-order valence-electron chi connectivity index (χ2n) is 3.14. The molecule has 0 heterocycles. The fraction of sp³-hybridized carbons (Fsp3) is 0.800. The maximum atomic E-state index is 10.8. The number of ketones is 1. The Bertz CT molecular complexity index is 170. The minimum Gasteiger partial charge on any atom is -0.345 e. The van der Waals surface area contributed by atoms with E-state index in [2.05, 4.69) is 24.5 Å². The van der Waals surface area contributed by atoms with E-state index in [0.717, 1.165) is 0 Å². The Morgan fingerprint density at radius 2 is 1.71 bits per heavy atom. The van der Waals surface area contributed by atoms with Crippen molar-refractivity contribution in [3.63, 3.8) is 0 Å². The number of Topliss-reactive ketones (excluding diaryl/α,β-unsaturated/α-hetero) is 1. The highest BCUT2D eigenvalue weighted by molar-refractivity contribution is 5.87. The molecular formula is C10H22N2O2. The third-order valence-electron chi connectivity index (χ3n) is 1.32. The van der Waals surface area contributed by atoms with Crippen molar-refractivity contribution in [1.29, 1.82) is 0 Å². The van der Waals surface area contributed by atoms with Gasteiger partial charge in [0.25, 0.3) is 0 Å². The van der Waals surface area contributed by atoms with Gasteiger partial charge in [-0.15, -0.1) is 0 Å². The van der Waals surface area contributed by atoms with Crippen molar-refractivity contribution in [3.8, 4) is 0 Å². The molecule has 14 heavy (non-hydrogen) atoms. The molecule has 0 aromatic carbocycles. The lowest BCUT2D eigenvalue weighted by molar-refractivity contribution is -0.125. The van der Waals surface area contributed by atoms with E-state index in [-0.39, 0.29) is 24.3 Å². The number of carbonyl (C=O) groups is 2. The normalized spacial score (nSPS) is 10.9. The molecule has 1 unspecified atom stereocenters. The van der Waals surface area contributed by atoms with Gasteiger partial charge in [0.15, 0.2) is 5.78 Å². The van der Waals surface area contributed by atoms with E-state index in [0.29, 0.717) is 0 Å². The smallest absolute Gasteiger partial charge is 0.234 e. The van der Waals surface area contributed by atoms with Gasteiger partial charge in [-0.25, -0.2) is 0 Å². The number of likely N-dealkylation sites (N-methyl/N-ethyl adjacent to an activating group) is 1. The summed E-state index contributed by atoms with van der Waals surface area (Å²) in [6, 6.07) is -0.379. The summed E-state index contributed by atoms with van der Waals surface area (Å²) in [4.78, 5) is 21.5. The Kier molecular flexibility index (Phi) is 11.3. The third-order valence-corrected chi connectivity index (χ3v) is 1.32. The molecule has 0 aliphatic rings. The molecular weight excluding hydrogens is 180 g/mol. The van der Waals surface area contributed by atoms with E-state index in [1.165, 1.54) is 13.3 Å². The predicted molar refractivity (Wildman–Crippen MR) is 58.2 cm³/mol. The first-order chi connectivity index (χ1) is 6.49. The Labute approximate surface area is 86.5 Å². The van der Waals surface area contributed by atoms with Gasteiger partial charge in [0, 0.05) is 0 Å². The van der Waals surface area contributed by atoms with Crippen LogP contribution in [0.15, 0.2) is 0 Å². The summed E-state index contributed by atoms with van der Waals surface area (Å²) < 4.78 is 0. The molecule has 0 spiro atoms. The Morgan fingerprint density at radius 1 is 1.29 bits per heavy atom. The average Bonchev–Trinajstić information content (AvgIpc) is 2.05. The van der Waals surface area contributed by atoms with E-state index in [1.807, 2.05) is 0 Å². The molecule has 0 saturated carbocycles. The maximum Gasteiger partial charge on any atom is 0.234 e. The predicted octanol–water partition coefficient (Wildman–Crippen LogP) is 0.716. The molecule has 0 rings (SSSR count). The van der Waals surface area contributed by atoms with Gasteiger partial charge in [-0.05, 0) is 20.9 Å². The number of nitrogens with one attached hydrogen (secondary N) is 2. The third kappa shape index (κ3) is 11.1. The SMILES string of the molecule is CCC.CNCC(=O)NC(C)C(C)=O. The minimum atomic E-state index is -0.379. The van der Waals surface area contributed by atoms with Crippen LogP contribution in [0.1, 0.15) is 34.1 Å². The molecule has 1 amide bonds. The van der Waals surface area contributed by atoms with E-state index >= 15 is 0 Å². The van der Waals surface area contributed by atoms with Crippen LogP contribution in [0.4, 0.5) is 0 Å². The zero-order valence-electron chi connectivity index (χ0n) is 9.81. The number of hydrogen-bond acceptors (Lipinski definition) is 3. The summed E-state index contributed by atoms with van der Waals surface area (Å²) in [7, 11) is 1.68. The molecule has 0 aromatic heterocycles. The van der Waals surface area contributed by atoms with Crippen LogP contribution < -0.4 is 10.6 Å². The summed E-state index contributed by atoms with van der Waals surface area (Å²) in [5, 5.41) is 5.22. The van der Waals surface area contributed by atoms with Crippen LogP contribution in [0.5, 0.6) is 0 Å². The lowest BCUT2D eigenvalue weighted by Gasteiger charge is -2.09. The highest BCUT2D eigenvalue weighted by Gasteiger charge is 2.09. The number of rotatable bonds is 4. The lowest BCUT2D eigenvalue weighted by Crippen LogP contribution is -2.41. The van der Waals surface area contributed by atoms with E-state index in [9.17, 15) is 9.59 Å². The monoisotopic (exact) mass is 202 g/mol. The summed E-state index contributed by atoms with van der Waals surface area (Å²) >= 11 is 0. The van der Waals surface area contributed by atoms with Gasteiger partial charge in [-0.2, -0.15) is 0 Å². The van der Waals surface area contributed by atoms with Crippen molar-refractivity contribution >= 4 is 11.7 Å². The molecule has 1 atom stereocenters. The number of hydrogen-bond donors (Lipinski definition) is 2. The molecule has 0 saturated heterocycles. The van der Waals surface area contributed by atoms with Crippen molar-refractivity contribution in [2.45, 2.75) is 40.2 Å². The first-order valence-corrected chi connectivity index (χ1v) is 4.93. The quantitative estimate of drug-likeness (QED) is 0.706. The van der Waals surface area contributed by atoms with Crippen LogP contribution in [-0.4, -0.2) is 31.3 Å².